The molecule has 0 radical (unpaired) electrons. The Balaban J connectivity index is 1.86. The number of aliphatic hydroxyl groups is 1. The van der Waals surface area contributed by atoms with E-state index in [0.29, 0.717) is 18.5 Å². The van der Waals surface area contributed by atoms with E-state index in [0.717, 1.165) is 10.6 Å². The first-order valence-electron chi connectivity index (χ1n) is 6.13. The Morgan fingerprint density at radius 1 is 1.20 bits per heavy atom. The van der Waals surface area contributed by atoms with Crippen molar-refractivity contribution in [1.29, 1.82) is 0 Å². The standard InChI is InChI=1S/C13H16N2O3S2/c16-9-11-1-3-12(4-2-11)10-20(17,18)15-6-5-13-14-7-8-19-13/h1-4,7-8,15-16H,5-6,9-10H2. The van der Waals surface area contributed by atoms with E-state index in [2.05, 4.69) is 9.71 Å². The van der Waals surface area contributed by atoms with Crippen molar-refractivity contribution in [2.24, 2.45) is 0 Å². The minimum atomic E-state index is -3.34. The summed E-state index contributed by atoms with van der Waals surface area (Å²) < 4.78 is 26.4. The zero-order chi connectivity index (χ0) is 14.4. The second kappa shape index (κ2) is 6.94. The van der Waals surface area contributed by atoms with Crippen LogP contribution < -0.4 is 4.72 Å². The fourth-order valence-electron chi connectivity index (χ4n) is 1.70. The maximum atomic E-state index is 11.9. The van der Waals surface area contributed by atoms with Gasteiger partial charge in [0, 0.05) is 24.5 Å². The zero-order valence-electron chi connectivity index (χ0n) is 10.8. The molecule has 2 N–H and O–H groups in total. The van der Waals surface area contributed by atoms with Gasteiger partial charge in [0.25, 0.3) is 0 Å². The van der Waals surface area contributed by atoms with Crippen LogP contribution in [-0.4, -0.2) is 25.1 Å². The summed E-state index contributed by atoms with van der Waals surface area (Å²) in [6, 6.07) is 6.87. The third kappa shape index (κ3) is 4.68. The summed E-state index contributed by atoms with van der Waals surface area (Å²) in [5.41, 5.74) is 1.46. The van der Waals surface area contributed by atoms with Crippen molar-refractivity contribution < 1.29 is 13.5 Å². The van der Waals surface area contributed by atoms with E-state index < -0.39 is 10.0 Å². The Morgan fingerprint density at radius 3 is 2.50 bits per heavy atom. The van der Waals surface area contributed by atoms with Crippen molar-refractivity contribution in [3.8, 4) is 0 Å². The maximum absolute atomic E-state index is 11.9. The molecule has 1 aromatic heterocycles. The predicted molar refractivity (Wildman–Crippen MR) is 78.8 cm³/mol. The van der Waals surface area contributed by atoms with E-state index in [1.807, 2.05) is 5.38 Å². The molecular formula is C13H16N2O3S2. The fraction of sp³-hybridized carbons (Fsp3) is 0.308. The summed E-state index contributed by atoms with van der Waals surface area (Å²) in [5.74, 6) is -0.0590. The van der Waals surface area contributed by atoms with E-state index in [4.69, 9.17) is 5.11 Å². The maximum Gasteiger partial charge on any atom is 0.215 e. The van der Waals surface area contributed by atoms with Crippen LogP contribution in [0.1, 0.15) is 16.1 Å². The number of aromatic nitrogens is 1. The van der Waals surface area contributed by atoms with Crippen LogP contribution in [0.4, 0.5) is 0 Å². The van der Waals surface area contributed by atoms with Gasteiger partial charge in [0.15, 0.2) is 0 Å². The third-order valence-corrected chi connectivity index (χ3v) is 4.90. The van der Waals surface area contributed by atoms with Gasteiger partial charge in [-0.05, 0) is 11.1 Å². The smallest absolute Gasteiger partial charge is 0.215 e. The topological polar surface area (TPSA) is 79.3 Å². The second-order valence-electron chi connectivity index (χ2n) is 4.30. The van der Waals surface area contributed by atoms with E-state index in [1.54, 1.807) is 30.5 Å². The normalized spacial score (nSPS) is 11.7. The van der Waals surface area contributed by atoms with Gasteiger partial charge in [0.05, 0.1) is 17.4 Å². The molecular weight excluding hydrogens is 296 g/mol. The number of thiazole rings is 1. The molecule has 1 aromatic carbocycles. The molecule has 0 spiro atoms. The minimum absolute atomic E-state index is 0.0426. The van der Waals surface area contributed by atoms with E-state index in [-0.39, 0.29) is 12.4 Å². The van der Waals surface area contributed by atoms with Gasteiger partial charge < -0.3 is 5.11 Å². The molecule has 0 fully saturated rings. The number of nitrogens with zero attached hydrogens (tertiary/aromatic N) is 1. The van der Waals surface area contributed by atoms with E-state index in [9.17, 15) is 8.42 Å². The highest BCUT2D eigenvalue weighted by molar-refractivity contribution is 7.88. The monoisotopic (exact) mass is 312 g/mol. The molecule has 20 heavy (non-hydrogen) atoms. The highest BCUT2D eigenvalue weighted by atomic mass is 32.2. The molecule has 2 aromatic rings. The lowest BCUT2D eigenvalue weighted by molar-refractivity contribution is 0.282. The Kier molecular flexibility index (Phi) is 5.24. The lowest BCUT2D eigenvalue weighted by atomic mass is 10.2. The number of hydrogen-bond acceptors (Lipinski definition) is 5. The number of rotatable bonds is 7. The number of aliphatic hydroxyl groups excluding tert-OH is 1. The Bertz CT molecular complexity index is 622. The van der Waals surface area contributed by atoms with Crippen molar-refractivity contribution in [3.05, 3.63) is 52.0 Å². The fourth-order valence-corrected chi connectivity index (χ4v) is 3.47. The second-order valence-corrected chi connectivity index (χ2v) is 7.09. The van der Waals surface area contributed by atoms with Gasteiger partial charge in [-0.3, -0.25) is 0 Å². The van der Waals surface area contributed by atoms with Gasteiger partial charge in [-0.25, -0.2) is 18.1 Å². The molecule has 2 rings (SSSR count). The molecule has 0 aliphatic heterocycles. The summed E-state index contributed by atoms with van der Waals surface area (Å²) in [5, 5.41) is 11.7. The highest BCUT2D eigenvalue weighted by Gasteiger charge is 2.11. The summed E-state index contributed by atoms with van der Waals surface area (Å²) >= 11 is 1.51. The molecule has 0 saturated carbocycles. The Hall–Kier alpha value is -1.28. The molecule has 0 unspecified atom stereocenters. The van der Waals surface area contributed by atoms with Gasteiger partial charge in [0.2, 0.25) is 10.0 Å². The lowest BCUT2D eigenvalue weighted by Gasteiger charge is -2.06. The molecule has 5 nitrogen and oxygen atoms in total. The molecule has 0 amide bonds. The molecule has 1 heterocycles. The van der Waals surface area contributed by atoms with Crippen molar-refractivity contribution in [3.63, 3.8) is 0 Å². The van der Waals surface area contributed by atoms with Gasteiger partial charge in [-0.15, -0.1) is 11.3 Å². The van der Waals surface area contributed by atoms with Crippen molar-refractivity contribution >= 4 is 21.4 Å². The number of nitrogens with one attached hydrogen (secondary N) is 1. The Labute approximate surface area is 122 Å². The number of benzene rings is 1. The van der Waals surface area contributed by atoms with E-state index >= 15 is 0 Å². The molecule has 0 saturated heterocycles. The van der Waals surface area contributed by atoms with Crippen LogP contribution in [-0.2, 0) is 28.8 Å². The summed E-state index contributed by atoms with van der Waals surface area (Å²) in [7, 11) is -3.34. The largest absolute Gasteiger partial charge is 0.392 e. The first kappa shape index (κ1) is 15.1. The van der Waals surface area contributed by atoms with Crippen LogP contribution in [0.15, 0.2) is 35.8 Å². The number of sulfonamides is 1. The van der Waals surface area contributed by atoms with Crippen LogP contribution in [0.2, 0.25) is 0 Å². The molecule has 0 aliphatic rings. The van der Waals surface area contributed by atoms with Gasteiger partial charge in [-0.1, -0.05) is 24.3 Å². The third-order valence-electron chi connectivity index (χ3n) is 2.71. The van der Waals surface area contributed by atoms with Crippen LogP contribution in [0.5, 0.6) is 0 Å². The summed E-state index contributed by atoms with van der Waals surface area (Å²) in [6.45, 7) is 0.309. The number of hydrogen-bond donors (Lipinski definition) is 2. The van der Waals surface area contributed by atoms with Crippen molar-refractivity contribution in [2.45, 2.75) is 18.8 Å². The zero-order valence-corrected chi connectivity index (χ0v) is 12.5. The summed E-state index contributed by atoms with van der Waals surface area (Å²) in [6.07, 6.45) is 2.30. The predicted octanol–water partition coefficient (Wildman–Crippen LogP) is 1.30. The van der Waals surface area contributed by atoms with Crippen molar-refractivity contribution in [1.82, 2.24) is 9.71 Å². The highest BCUT2D eigenvalue weighted by Crippen LogP contribution is 2.08. The summed E-state index contributed by atoms with van der Waals surface area (Å²) in [4.78, 5) is 4.10. The molecule has 0 atom stereocenters. The first-order chi connectivity index (χ1) is 9.59. The quantitative estimate of drug-likeness (QED) is 0.807. The minimum Gasteiger partial charge on any atom is -0.392 e. The van der Waals surface area contributed by atoms with Crippen LogP contribution in [0.3, 0.4) is 0 Å². The first-order valence-corrected chi connectivity index (χ1v) is 8.66. The Morgan fingerprint density at radius 2 is 1.90 bits per heavy atom. The van der Waals surface area contributed by atoms with Gasteiger partial charge in [-0.2, -0.15) is 0 Å². The van der Waals surface area contributed by atoms with Crippen LogP contribution in [0, 0.1) is 0 Å². The SMILES string of the molecule is O=S(=O)(Cc1ccc(CO)cc1)NCCc1nccs1. The van der Waals surface area contributed by atoms with E-state index in [1.165, 1.54) is 11.3 Å². The average Bonchev–Trinajstić information content (AvgIpc) is 2.92. The van der Waals surface area contributed by atoms with Gasteiger partial charge in [0.1, 0.15) is 0 Å². The van der Waals surface area contributed by atoms with Crippen LogP contribution in [0.25, 0.3) is 0 Å². The molecule has 0 bridgehead atoms. The lowest BCUT2D eigenvalue weighted by Crippen LogP contribution is -2.27. The molecule has 7 heteroatoms. The molecule has 0 aliphatic carbocycles. The van der Waals surface area contributed by atoms with Crippen molar-refractivity contribution in [2.75, 3.05) is 6.54 Å². The average molecular weight is 312 g/mol. The van der Waals surface area contributed by atoms with Crippen LogP contribution >= 0.6 is 11.3 Å². The van der Waals surface area contributed by atoms with Gasteiger partial charge >= 0.3 is 0 Å². The molecule has 108 valence electrons.